The number of rotatable bonds is 3. The van der Waals surface area contributed by atoms with E-state index in [1.54, 1.807) is 7.11 Å². The van der Waals surface area contributed by atoms with Gasteiger partial charge in [0.1, 0.15) is 23.2 Å². The largest absolute Gasteiger partial charge is 0.500 e. The van der Waals surface area contributed by atoms with Crippen LogP contribution in [-0.4, -0.2) is 24.5 Å². The molecule has 174 valence electrons. The Morgan fingerprint density at radius 1 is 0.758 bits per heavy atom. The molecule has 2 aromatic carbocycles. The predicted molar refractivity (Wildman–Crippen MR) is 137 cm³/mol. The molecule has 0 heterocycles. The van der Waals surface area contributed by atoms with Crippen molar-refractivity contribution < 1.29 is 19.1 Å². The minimum Gasteiger partial charge on any atom is -0.500 e. The summed E-state index contributed by atoms with van der Waals surface area (Å²) in [6, 6.07) is 8.10. The summed E-state index contributed by atoms with van der Waals surface area (Å²) >= 11 is 7.01. The maximum absolute atomic E-state index is 12.0. The minimum atomic E-state index is -0.532. The van der Waals surface area contributed by atoms with Crippen molar-refractivity contribution in [3.05, 3.63) is 72.4 Å². The molecule has 0 radical (unpaired) electrons. The second kappa shape index (κ2) is 10.5. The number of hydrogen-bond donors (Lipinski definition) is 0. The van der Waals surface area contributed by atoms with E-state index >= 15 is 0 Å². The highest BCUT2D eigenvalue weighted by Gasteiger charge is 2.36. The number of aryl methyl sites for hydroxylation is 4. The van der Waals surface area contributed by atoms with Crippen molar-refractivity contribution in [3.63, 3.8) is 0 Å². The molecule has 33 heavy (non-hydrogen) atoms. The molecule has 0 bridgehead atoms. The van der Waals surface area contributed by atoms with Crippen molar-refractivity contribution in [1.29, 1.82) is 0 Å². The number of ether oxygens (including phenoxy) is 1. The molecule has 4 rings (SSSR count). The summed E-state index contributed by atoms with van der Waals surface area (Å²) in [5, 5.41) is 0. The van der Waals surface area contributed by atoms with Crippen LogP contribution in [0.2, 0.25) is 0 Å². The molecule has 0 amide bonds. The lowest BCUT2D eigenvalue weighted by Crippen LogP contribution is -2.14. The molecule has 0 atom stereocenters. The Labute approximate surface area is 212 Å². The van der Waals surface area contributed by atoms with Gasteiger partial charge < -0.3 is 4.74 Å². The van der Waals surface area contributed by atoms with E-state index in [4.69, 9.17) is 4.74 Å². The standard InChI is InChI=1S/C14H15BrO2.C13H13BrO2/c1-8-6-9(2)13(10(15)7-8)14-11(16)4-5-12(14)17-3;1-7-5-8(2)12(9(14)6-7)13-10(15)3-4-11(13)16/h6-7H,4-5H2,1-3H3;5-6,13H,3-4H2,1-2H3. The van der Waals surface area contributed by atoms with Crippen LogP contribution in [0.5, 0.6) is 0 Å². The third-order valence-electron chi connectivity index (χ3n) is 6.10. The molecule has 6 heteroatoms. The monoisotopic (exact) mass is 574 g/mol. The van der Waals surface area contributed by atoms with Crippen LogP contribution in [-0.2, 0) is 19.1 Å². The smallest absolute Gasteiger partial charge is 0.167 e. The molecule has 1 saturated carbocycles. The molecule has 0 saturated heterocycles. The fourth-order valence-electron chi connectivity index (χ4n) is 4.68. The molecule has 1 fully saturated rings. The molecule has 0 N–H and O–H groups in total. The molecule has 0 aromatic heterocycles. The maximum Gasteiger partial charge on any atom is 0.167 e. The lowest BCUT2D eigenvalue weighted by molar-refractivity contribution is -0.123. The number of carbonyl (C=O) groups excluding carboxylic acids is 3. The Kier molecular flexibility index (Phi) is 8.12. The number of allylic oxidation sites excluding steroid dienone is 2. The predicted octanol–water partition coefficient (Wildman–Crippen LogP) is 6.87. The first kappa shape index (κ1) is 25.6. The lowest BCUT2D eigenvalue weighted by atomic mass is 9.91. The van der Waals surface area contributed by atoms with E-state index in [0.717, 1.165) is 48.1 Å². The van der Waals surface area contributed by atoms with Crippen LogP contribution in [0.4, 0.5) is 0 Å². The maximum atomic E-state index is 12.0. The number of ketones is 3. The minimum absolute atomic E-state index is 0.0534. The molecule has 2 aromatic rings. The van der Waals surface area contributed by atoms with Crippen molar-refractivity contribution in [2.75, 3.05) is 7.11 Å². The number of Topliss-reactive ketones (excluding diaryl/α,β-unsaturated/α-hetero) is 3. The number of halogens is 2. The zero-order valence-electron chi connectivity index (χ0n) is 19.6. The van der Waals surface area contributed by atoms with Crippen molar-refractivity contribution in [3.8, 4) is 0 Å². The second-order valence-corrected chi connectivity index (χ2v) is 10.4. The van der Waals surface area contributed by atoms with Crippen molar-refractivity contribution in [2.45, 2.75) is 59.3 Å². The number of hydrogen-bond acceptors (Lipinski definition) is 4. The van der Waals surface area contributed by atoms with Gasteiger partial charge in [0.15, 0.2) is 5.78 Å². The molecular formula is C27H28Br2O4. The highest BCUT2D eigenvalue weighted by Crippen LogP contribution is 2.38. The van der Waals surface area contributed by atoms with Crippen LogP contribution in [0.15, 0.2) is 39.0 Å². The normalized spacial score (nSPS) is 16.4. The van der Waals surface area contributed by atoms with Crippen molar-refractivity contribution >= 4 is 54.8 Å². The van der Waals surface area contributed by atoms with E-state index in [1.807, 2.05) is 45.9 Å². The van der Waals surface area contributed by atoms with Gasteiger partial charge in [-0.15, -0.1) is 0 Å². The van der Waals surface area contributed by atoms with Crippen LogP contribution < -0.4 is 0 Å². The number of carbonyl (C=O) groups is 3. The van der Waals surface area contributed by atoms with E-state index in [9.17, 15) is 14.4 Å². The van der Waals surface area contributed by atoms with Gasteiger partial charge in [0.2, 0.25) is 0 Å². The van der Waals surface area contributed by atoms with Crippen molar-refractivity contribution in [2.24, 2.45) is 0 Å². The zero-order chi connectivity index (χ0) is 24.4. The quantitative estimate of drug-likeness (QED) is 0.375. The van der Waals surface area contributed by atoms with Gasteiger partial charge in [0, 0.05) is 40.2 Å². The lowest BCUT2D eigenvalue weighted by Gasteiger charge is -2.14. The Balaban J connectivity index is 0.000000186. The Hall–Kier alpha value is -2.05. The summed E-state index contributed by atoms with van der Waals surface area (Å²) in [5.41, 5.74) is 7.02. The first-order valence-electron chi connectivity index (χ1n) is 10.9. The van der Waals surface area contributed by atoms with Gasteiger partial charge in [-0.05, 0) is 67.6 Å². The summed E-state index contributed by atoms with van der Waals surface area (Å²) in [6.45, 7) is 8.02. The van der Waals surface area contributed by atoms with Gasteiger partial charge in [0.25, 0.3) is 0 Å². The van der Waals surface area contributed by atoms with Gasteiger partial charge >= 0.3 is 0 Å². The van der Waals surface area contributed by atoms with Crippen LogP contribution in [0, 0.1) is 27.7 Å². The number of benzene rings is 2. The van der Waals surface area contributed by atoms with Gasteiger partial charge in [-0.3, -0.25) is 14.4 Å². The van der Waals surface area contributed by atoms with Crippen LogP contribution in [0.1, 0.15) is 65.0 Å². The highest BCUT2D eigenvalue weighted by molar-refractivity contribution is 9.10. The fraction of sp³-hybridized carbons (Fsp3) is 0.370. The van der Waals surface area contributed by atoms with Gasteiger partial charge in [0.05, 0.1) is 12.7 Å². The zero-order valence-corrected chi connectivity index (χ0v) is 22.8. The fourth-order valence-corrected chi connectivity index (χ4v) is 6.45. The first-order chi connectivity index (χ1) is 15.5. The van der Waals surface area contributed by atoms with Gasteiger partial charge in [-0.25, -0.2) is 0 Å². The third-order valence-corrected chi connectivity index (χ3v) is 7.38. The Morgan fingerprint density at radius 3 is 1.82 bits per heavy atom. The average molecular weight is 576 g/mol. The summed E-state index contributed by atoms with van der Waals surface area (Å²) in [5.74, 6) is 0.558. The van der Waals surface area contributed by atoms with Gasteiger partial charge in [-0.2, -0.15) is 0 Å². The average Bonchev–Trinajstić information content (AvgIpc) is 3.24. The summed E-state index contributed by atoms with van der Waals surface area (Å²) in [4.78, 5) is 35.4. The molecule has 0 unspecified atom stereocenters. The Bertz CT molecular complexity index is 1110. The van der Waals surface area contributed by atoms with E-state index in [0.29, 0.717) is 25.7 Å². The third kappa shape index (κ3) is 5.38. The molecule has 2 aliphatic carbocycles. The van der Waals surface area contributed by atoms with Crippen molar-refractivity contribution in [1.82, 2.24) is 0 Å². The van der Waals surface area contributed by atoms with Crippen LogP contribution in [0.25, 0.3) is 5.57 Å². The molecule has 4 nitrogen and oxygen atoms in total. The summed E-state index contributed by atoms with van der Waals surface area (Å²) < 4.78 is 7.17. The second-order valence-electron chi connectivity index (χ2n) is 8.71. The molecule has 0 spiro atoms. The van der Waals surface area contributed by atoms with Crippen LogP contribution in [0.3, 0.4) is 0 Å². The Morgan fingerprint density at radius 2 is 1.30 bits per heavy atom. The molecular weight excluding hydrogens is 548 g/mol. The molecule has 0 aliphatic heterocycles. The first-order valence-corrected chi connectivity index (χ1v) is 12.5. The van der Waals surface area contributed by atoms with E-state index in [-0.39, 0.29) is 17.3 Å². The van der Waals surface area contributed by atoms with Gasteiger partial charge in [-0.1, -0.05) is 44.0 Å². The molecule has 2 aliphatic rings. The highest BCUT2D eigenvalue weighted by atomic mass is 79.9. The van der Waals surface area contributed by atoms with E-state index in [1.165, 1.54) is 5.56 Å². The topological polar surface area (TPSA) is 60.4 Å². The number of methoxy groups -OCH3 is 1. The SMILES string of the molecule is COC1=C(c2c(C)cc(C)cc2Br)C(=O)CC1.Cc1cc(C)c(C2C(=O)CCC2=O)c(Br)c1. The summed E-state index contributed by atoms with van der Waals surface area (Å²) in [7, 11) is 1.63. The van der Waals surface area contributed by atoms with E-state index < -0.39 is 5.92 Å². The van der Waals surface area contributed by atoms with Crippen LogP contribution >= 0.6 is 31.9 Å². The van der Waals surface area contributed by atoms with E-state index in [2.05, 4.69) is 37.9 Å². The summed E-state index contributed by atoms with van der Waals surface area (Å²) in [6.07, 6.45) is 2.05.